The molecule has 1 heterocycles. The van der Waals surface area contributed by atoms with Crippen LogP contribution >= 0.6 is 0 Å². The summed E-state index contributed by atoms with van der Waals surface area (Å²) in [4.78, 5) is 3.67. The van der Waals surface area contributed by atoms with Crippen molar-refractivity contribution >= 4 is 10.0 Å². The van der Waals surface area contributed by atoms with Crippen molar-refractivity contribution in [2.24, 2.45) is 7.05 Å². The van der Waals surface area contributed by atoms with Gasteiger partial charge in [0.2, 0.25) is 5.16 Å². The Morgan fingerprint density at radius 3 is 2.64 bits per heavy atom. The second kappa shape index (κ2) is 2.63. The van der Waals surface area contributed by atoms with Gasteiger partial charge in [0.05, 0.1) is 0 Å². The molecule has 0 aliphatic carbocycles. The normalized spacial score (nSPS) is 11.8. The first-order valence-corrected chi connectivity index (χ1v) is 4.47. The van der Waals surface area contributed by atoms with E-state index in [2.05, 4.69) is 9.71 Å². The maximum atomic E-state index is 11.1. The van der Waals surface area contributed by atoms with Crippen molar-refractivity contribution < 1.29 is 8.42 Å². The van der Waals surface area contributed by atoms with Gasteiger partial charge in [0.15, 0.2) is 0 Å². The van der Waals surface area contributed by atoms with Crippen LogP contribution in [-0.2, 0) is 17.1 Å². The third-order valence-corrected chi connectivity index (χ3v) is 2.70. The van der Waals surface area contributed by atoms with Crippen molar-refractivity contribution in [1.29, 1.82) is 0 Å². The summed E-state index contributed by atoms with van der Waals surface area (Å²) in [7, 11) is -0.410. The first-order valence-electron chi connectivity index (χ1n) is 2.99. The number of sulfonamides is 1. The third kappa shape index (κ3) is 1.41. The van der Waals surface area contributed by atoms with Gasteiger partial charge >= 0.3 is 0 Å². The molecule has 0 radical (unpaired) electrons. The van der Waals surface area contributed by atoms with Crippen LogP contribution in [0.15, 0.2) is 17.6 Å². The minimum absolute atomic E-state index is 0.0278. The van der Waals surface area contributed by atoms with E-state index < -0.39 is 10.0 Å². The molecule has 0 saturated heterocycles. The predicted octanol–water partition coefficient (Wildman–Crippen LogP) is -0.672. The number of nitrogens with zero attached hydrogens (tertiary/aromatic N) is 2. The first kappa shape index (κ1) is 8.22. The molecule has 1 rings (SSSR count). The van der Waals surface area contributed by atoms with Crippen molar-refractivity contribution in [3.63, 3.8) is 0 Å². The molecule has 0 amide bonds. The van der Waals surface area contributed by atoms with Gasteiger partial charge in [0, 0.05) is 19.4 Å². The fraction of sp³-hybridized carbons (Fsp3) is 0.400. The number of nitrogens with one attached hydrogen (secondary N) is 1. The van der Waals surface area contributed by atoms with Crippen molar-refractivity contribution in [3.05, 3.63) is 12.4 Å². The summed E-state index contributed by atoms with van der Waals surface area (Å²) in [6.45, 7) is 0. The molecule has 62 valence electrons. The summed E-state index contributed by atoms with van der Waals surface area (Å²) in [6.07, 6.45) is 3.01. The SMILES string of the molecule is CNS(=O)(=O)c1nccn1C. The van der Waals surface area contributed by atoms with Gasteiger partial charge in [-0.3, -0.25) is 0 Å². The van der Waals surface area contributed by atoms with Gasteiger partial charge < -0.3 is 4.57 Å². The van der Waals surface area contributed by atoms with Crippen molar-refractivity contribution in [2.75, 3.05) is 7.05 Å². The Morgan fingerprint density at radius 1 is 1.64 bits per heavy atom. The van der Waals surface area contributed by atoms with Crippen LogP contribution in [0.25, 0.3) is 0 Å². The number of rotatable bonds is 2. The van der Waals surface area contributed by atoms with E-state index in [1.165, 1.54) is 17.8 Å². The minimum Gasteiger partial charge on any atom is -0.324 e. The molecule has 5 nitrogen and oxygen atoms in total. The van der Waals surface area contributed by atoms with E-state index in [0.717, 1.165) is 0 Å². The molecule has 0 bridgehead atoms. The summed E-state index contributed by atoms with van der Waals surface area (Å²) in [6, 6.07) is 0. The van der Waals surface area contributed by atoms with Crippen LogP contribution < -0.4 is 4.72 Å². The smallest absolute Gasteiger partial charge is 0.274 e. The first-order chi connectivity index (χ1) is 5.08. The molecule has 0 atom stereocenters. The Morgan fingerprint density at radius 2 is 2.27 bits per heavy atom. The summed E-state index contributed by atoms with van der Waals surface area (Å²) < 4.78 is 25.8. The van der Waals surface area contributed by atoms with E-state index in [-0.39, 0.29) is 5.16 Å². The van der Waals surface area contributed by atoms with Crippen molar-refractivity contribution in [1.82, 2.24) is 14.3 Å². The Balaban J connectivity index is 3.22. The molecule has 0 aromatic carbocycles. The molecule has 0 aliphatic rings. The number of aryl methyl sites for hydroxylation is 1. The summed E-state index contributed by atoms with van der Waals surface area (Å²) in [5, 5.41) is 0.0278. The largest absolute Gasteiger partial charge is 0.324 e. The van der Waals surface area contributed by atoms with Gasteiger partial charge in [-0.2, -0.15) is 0 Å². The third-order valence-electron chi connectivity index (χ3n) is 1.29. The van der Waals surface area contributed by atoms with Gasteiger partial charge in [-0.05, 0) is 7.05 Å². The van der Waals surface area contributed by atoms with Crippen molar-refractivity contribution in [2.45, 2.75) is 5.16 Å². The number of hydrogen-bond donors (Lipinski definition) is 1. The molecule has 0 spiro atoms. The van der Waals surface area contributed by atoms with Gasteiger partial charge in [0.1, 0.15) is 0 Å². The standard InChI is InChI=1S/C5H9N3O2S/c1-6-11(9,10)5-7-3-4-8(5)2/h3-4,6H,1-2H3. The lowest BCUT2D eigenvalue weighted by molar-refractivity contribution is 0.571. The zero-order chi connectivity index (χ0) is 8.48. The van der Waals surface area contributed by atoms with Crippen LogP contribution in [0.4, 0.5) is 0 Å². The maximum absolute atomic E-state index is 11.1. The second-order valence-corrected chi connectivity index (χ2v) is 3.81. The van der Waals surface area contributed by atoms with E-state index in [0.29, 0.717) is 0 Å². The Bertz CT molecular complexity index is 340. The number of imidazole rings is 1. The quantitative estimate of drug-likeness (QED) is 0.648. The van der Waals surface area contributed by atoms with Crippen LogP contribution in [0.3, 0.4) is 0 Å². The minimum atomic E-state index is -3.38. The molecule has 1 aromatic rings. The van der Waals surface area contributed by atoms with Crippen LogP contribution in [0.2, 0.25) is 0 Å². The highest BCUT2D eigenvalue weighted by Crippen LogP contribution is 2.01. The lowest BCUT2D eigenvalue weighted by Gasteiger charge is -2.00. The van der Waals surface area contributed by atoms with E-state index >= 15 is 0 Å². The van der Waals surface area contributed by atoms with Crippen molar-refractivity contribution in [3.8, 4) is 0 Å². The molecule has 1 N–H and O–H groups in total. The average Bonchev–Trinajstić information content (AvgIpc) is 2.36. The monoisotopic (exact) mass is 175 g/mol. The lowest BCUT2D eigenvalue weighted by atomic mass is 10.9. The highest BCUT2D eigenvalue weighted by molar-refractivity contribution is 7.89. The Kier molecular flexibility index (Phi) is 1.97. The van der Waals surface area contributed by atoms with Crippen LogP contribution in [0, 0.1) is 0 Å². The molecule has 0 fully saturated rings. The molecule has 11 heavy (non-hydrogen) atoms. The average molecular weight is 175 g/mol. The molecule has 6 heteroatoms. The maximum Gasteiger partial charge on any atom is 0.274 e. The molecule has 0 aliphatic heterocycles. The molecular formula is C5H9N3O2S. The highest BCUT2D eigenvalue weighted by atomic mass is 32.2. The summed E-state index contributed by atoms with van der Waals surface area (Å²) >= 11 is 0. The van der Waals surface area contributed by atoms with E-state index in [4.69, 9.17) is 0 Å². The van der Waals surface area contributed by atoms with Crippen LogP contribution in [0.1, 0.15) is 0 Å². The summed E-state index contributed by atoms with van der Waals surface area (Å²) in [5.74, 6) is 0. The lowest BCUT2D eigenvalue weighted by Crippen LogP contribution is -2.21. The topological polar surface area (TPSA) is 64.0 Å². The van der Waals surface area contributed by atoms with Crippen LogP contribution in [-0.4, -0.2) is 25.0 Å². The zero-order valence-electron chi connectivity index (χ0n) is 6.27. The predicted molar refractivity (Wildman–Crippen MR) is 39.5 cm³/mol. The second-order valence-electron chi connectivity index (χ2n) is 2.03. The number of aromatic nitrogens is 2. The summed E-state index contributed by atoms with van der Waals surface area (Å²) in [5.41, 5.74) is 0. The number of hydrogen-bond acceptors (Lipinski definition) is 3. The van der Waals surface area contributed by atoms with Gasteiger partial charge in [0.25, 0.3) is 10.0 Å². The van der Waals surface area contributed by atoms with Gasteiger partial charge in [-0.1, -0.05) is 0 Å². The molecular weight excluding hydrogens is 166 g/mol. The zero-order valence-corrected chi connectivity index (χ0v) is 7.09. The Labute approximate surface area is 65.1 Å². The highest BCUT2D eigenvalue weighted by Gasteiger charge is 2.15. The van der Waals surface area contributed by atoms with E-state index in [1.54, 1.807) is 13.2 Å². The molecule has 1 aromatic heterocycles. The van der Waals surface area contributed by atoms with Gasteiger partial charge in [-0.15, -0.1) is 0 Å². The fourth-order valence-electron chi connectivity index (χ4n) is 0.702. The van der Waals surface area contributed by atoms with E-state index in [1.807, 2.05) is 0 Å². The Hall–Kier alpha value is -0.880. The van der Waals surface area contributed by atoms with Crippen LogP contribution in [0.5, 0.6) is 0 Å². The molecule has 0 unspecified atom stereocenters. The molecule has 0 saturated carbocycles. The fourth-order valence-corrected chi connectivity index (χ4v) is 1.52. The van der Waals surface area contributed by atoms with Gasteiger partial charge in [-0.25, -0.2) is 18.1 Å². The van der Waals surface area contributed by atoms with E-state index in [9.17, 15) is 8.42 Å².